The van der Waals surface area contributed by atoms with Crippen molar-refractivity contribution in [1.82, 2.24) is 15.1 Å². The van der Waals surface area contributed by atoms with Gasteiger partial charge in [-0.1, -0.05) is 13.8 Å². The molecule has 0 atom stereocenters. The zero-order chi connectivity index (χ0) is 17.0. The highest BCUT2D eigenvalue weighted by molar-refractivity contribution is 5.95. The summed E-state index contributed by atoms with van der Waals surface area (Å²) in [5.74, 6) is -0.0339. The van der Waals surface area contributed by atoms with E-state index in [-0.39, 0.29) is 35.7 Å². The van der Waals surface area contributed by atoms with Crippen molar-refractivity contribution in [2.75, 3.05) is 6.61 Å². The molecule has 0 bridgehead atoms. The van der Waals surface area contributed by atoms with Crippen LogP contribution in [0.5, 0.6) is 0 Å². The van der Waals surface area contributed by atoms with E-state index < -0.39 is 12.3 Å². The Kier molecular flexibility index (Phi) is 6.10. The molecule has 5 nitrogen and oxygen atoms in total. The first-order valence-electron chi connectivity index (χ1n) is 8.18. The molecule has 1 fully saturated rings. The average Bonchev–Trinajstić information content (AvgIpc) is 2.91. The quantitative estimate of drug-likeness (QED) is 0.843. The number of aliphatic hydroxyl groups excluding tert-OH is 1. The predicted octanol–water partition coefficient (Wildman–Crippen LogP) is 2.76. The molecule has 0 spiro atoms. The molecule has 1 aliphatic rings. The molecule has 2 rings (SSSR count). The third-order valence-electron chi connectivity index (χ3n) is 4.31. The lowest BCUT2D eigenvalue weighted by Crippen LogP contribution is -2.38. The number of amides is 1. The number of alkyl halides is 2. The number of aliphatic hydroxyl groups is 1. The van der Waals surface area contributed by atoms with Crippen molar-refractivity contribution >= 4 is 5.91 Å². The smallest absolute Gasteiger partial charge is 0.280 e. The third kappa shape index (κ3) is 4.50. The van der Waals surface area contributed by atoms with Gasteiger partial charge in [0, 0.05) is 19.2 Å². The molecular formula is C16H25F2N3O2. The van der Waals surface area contributed by atoms with E-state index in [2.05, 4.69) is 10.4 Å². The molecule has 1 heterocycles. The maximum atomic E-state index is 13.3. The fourth-order valence-corrected chi connectivity index (χ4v) is 3.04. The largest absolute Gasteiger partial charge is 0.396 e. The molecule has 0 unspecified atom stereocenters. The first kappa shape index (κ1) is 17.8. The molecule has 7 heteroatoms. The zero-order valence-electron chi connectivity index (χ0n) is 13.6. The van der Waals surface area contributed by atoms with Crippen LogP contribution in [0.4, 0.5) is 8.78 Å². The van der Waals surface area contributed by atoms with Crippen LogP contribution in [0.3, 0.4) is 0 Å². The lowest BCUT2D eigenvalue weighted by molar-refractivity contribution is 0.0896. The summed E-state index contributed by atoms with van der Waals surface area (Å²) in [7, 11) is 0. The molecule has 0 radical (unpaired) electrons. The van der Waals surface area contributed by atoms with Gasteiger partial charge in [0.25, 0.3) is 12.3 Å². The maximum Gasteiger partial charge on any atom is 0.280 e. The number of rotatable bonds is 6. The maximum absolute atomic E-state index is 13.3. The third-order valence-corrected chi connectivity index (χ3v) is 4.31. The Bertz CT molecular complexity index is 523. The number of aromatic nitrogens is 2. The van der Waals surface area contributed by atoms with Crippen molar-refractivity contribution in [2.45, 2.75) is 58.5 Å². The molecule has 1 aliphatic carbocycles. The van der Waals surface area contributed by atoms with Gasteiger partial charge in [-0.2, -0.15) is 5.10 Å². The highest BCUT2D eigenvalue weighted by atomic mass is 19.3. The van der Waals surface area contributed by atoms with Crippen LogP contribution in [0.1, 0.15) is 62.0 Å². The summed E-state index contributed by atoms with van der Waals surface area (Å²) in [6, 6.07) is -0.0238. The summed E-state index contributed by atoms with van der Waals surface area (Å²) in [4.78, 5) is 12.3. The van der Waals surface area contributed by atoms with Gasteiger partial charge in [0.2, 0.25) is 0 Å². The molecule has 0 aromatic carbocycles. The van der Waals surface area contributed by atoms with Gasteiger partial charge in [-0.05, 0) is 37.5 Å². The zero-order valence-corrected chi connectivity index (χ0v) is 13.6. The average molecular weight is 329 g/mol. The normalized spacial score (nSPS) is 21.9. The second kappa shape index (κ2) is 7.86. The minimum atomic E-state index is -2.73. The summed E-state index contributed by atoms with van der Waals surface area (Å²) in [6.45, 7) is 4.35. The Morgan fingerprint density at radius 1 is 1.39 bits per heavy atom. The molecule has 130 valence electrons. The second-order valence-corrected chi connectivity index (χ2v) is 6.69. The number of nitrogens with one attached hydrogen (secondary N) is 1. The predicted molar refractivity (Wildman–Crippen MR) is 82.3 cm³/mol. The van der Waals surface area contributed by atoms with E-state index in [0.717, 1.165) is 25.7 Å². The van der Waals surface area contributed by atoms with E-state index in [4.69, 9.17) is 5.11 Å². The Balaban J connectivity index is 2.06. The molecule has 1 saturated carbocycles. The van der Waals surface area contributed by atoms with E-state index >= 15 is 0 Å². The van der Waals surface area contributed by atoms with Crippen LogP contribution in [0, 0.1) is 11.8 Å². The van der Waals surface area contributed by atoms with Crippen molar-refractivity contribution in [3.05, 3.63) is 17.5 Å². The Labute approximate surface area is 135 Å². The van der Waals surface area contributed by atoms with Crippen molar-refractivity contribution in [3.63, 3.8) is 0 Å². The highest BCUT2D eigenvalue weighted by Crippen LogP contribution is 2.26. The van der Waals surface area contributed by atoms with Crippen molar-refractivity contribution in [3.8, 4) is 0 Å². The number of hydrogen-bond donors (Lipinski definition) is 2. The molecule has 1 amide bonds. The van der Waals surface area contributed by atoms with E-state index in [1.54, 1.807) is 0 Å². The van der Waals surface area contributed by atoms with E-state index in [0.29, 0.717) is 6.54 Å². The summed E-state index contributed by atoms with van der Waals surface area (Å²) in [6.07, 6.45) is 1.72. The minimum absolute atomic E-state index is 0.0238. The topological polar surface area (TPSA) is 67.2 Å². The summed E-state index contributed by atoms with van der Waals surface area (Å²) < 4.78 is 27.9. The second-order valence-electron chi connectivity index (χ2n) is 6.69. The summed E-state index contributed by atoms with van der Waals surface area (Å²) in [5, 5.41) is 15.9. The van der Waals surface area contributed by atoms with Gasteiger partial charge in [-0.25, -0.2) is 8.78 Å². The van der Waals surface area contributed by atoms with Gasteiger partial charge in [-0.15, -0.1) is 0 Å². The van der Waals surface area contributed by atoms with Gasteiger partial charge in [-0.3, -0.25) is 9.48 Å². The number of hydrogen-bond acceptors (Lipinski definition) is 3. The lowest BCUT2D eigenvalue weighted by atomic mass is 9.86. The Hall–Kier alpha value is -1.50. The van der Waals surface area contributed by atoms with Crippen LogP contribution < -0.4 is 5.32 Å². The standard InChI is InChI=1S/C16H25F2N3O2/c1-10(2)8-21-14(15(17)18)13(7-19-21)16(23)20-12-5-3-11(9-22)4-6-12/h7,10-12,15,22H,3-6,8-9H2,1-2H3,(H,20,23). The number of carbonyl (C=O) groups is 1. The van der Waals surface area contributed by atoms with Gasteiger partial charge in [0.1, 0.15) is 5.69 Å². The van der Waals surface area contributed by atoms with Gasteiger partial charge in [0.05, 0.1) is 11.8 Å². The monoisotopic (exact) mass is 329 g/mol. The fraction of sp³-hybridized carbons (Fsp3) is 0.750. The molecule has 0 aliphatic heterocycles. The van der Waals surface area contributed by atoms with E-state index in [9.17, 15) is 13.6 Å². The van der Waals surface area contributed by atoms with Crippen LogP contribution in [-0.2, 0) is 6.54 Å². The fourth-order valence-electron chi connectivity index (χ4n) is 3.04. The first-order valence-corrected chi connectivity index (χ1v) is 8.18. The molecule has 2 N–H and O–H groups in total. The molecule has 0 saturated heterocycles. The molecule has 1 aromatic heterocycles. The minimum Gasteiger partial charge on any atom is -0.396 e. The van der Waals surface area contributed by atoms with Crippen LogP contribution in [0.25, 0.3) is 0 Å². The number of nitrogens with zero attached hydrogens (tertiary/aromatic N) is 2. The first-order chi connectivity index (χ1) is 10.9. The number of halogens is 2. The molecule has 1 aromatic rings. The SMILES string of the molecule is CC(C)Cn1ncc(C(=O)NC2CCC(CO)CC2)c1C(F)F. The molecular weight excluding hydrogens is 304 g/mol. The van der Waals surface area contributed by atoms with Crippen LogP contribution in [0.15, 0.2) is 6.20 Å². The summed E-state index contributed by atoms with van der Waals surface area (Å²) >= 11 is 0. The van der Waals surface area contributed by atoms with Gasteiger partial charge >= 0.3 is 0 Å². The molecule has 23 heavy (non-hydrogen) atoms. The lowest BCUT2D eigenvalue weighted by Gasteiger charge is -2.27. The highest BCUT2D eigenvalue weighted by Gasteiger charge is 2.27. The van der Waals surface area contributed by atoms with E-state index in [1.165, 1.54) is 10.9 Å². The van der Waals surface area contributed by atoms with Crippen LogP contribution in [-0.4, -0.2) is 33.4 Å². The Morgan fingerprint density at radius 2 is 2.04 bits per heavy atom. The van der Waals surface area contributed by atoms with E-state index in [1.807, 2.05) is 13.8 Å². The van der Waals surface area contributed by atoms with Crippen LogP contribution >= 0.6 is 0 Å². The van der Waals surface area contributed by atoms with Gasteiger partial charge in [0.15, 0.2) is 0 Å². The Morgan fingerprint density at radius 3 is 2.57 bits per heavy atom. The summed E-state index contributed by atoms with van der Waals surface area (Å²) in [5.41, 5.74) is -0.342. The van der Waals surface area contributed by atoms with Gasteiger partial charge < -0.3 is 10.4 Å². The van der Waals surface area contributed by atoms with Crippen molar-refractivity contribution < 1.29 is 18.7 Å². The van der Waals surface area contributed by atoms with Crippen molar-refractivity contribution in [1.29, 1.82) is 0 Å². The van der Waals surface area contributed by atoms with Crippen molar-refractivity contribution in [2.24, 2.45) is 11.8 Å². The van der Waals surface area contributed by atoms with Crippen LogP contribution in [0.2, 0.25) is 0 Å². The number of carbonyl (C=O) groups excluding carboxylic acids is 1.